The van der Waals surface area contributed by atoms with Gasteiger partial charge in [0.15, 0.2) is 0 Å². The predicted molar refractivity (Wildman–Crippen MR) is 50.5 cm³/mol. The zero-order chi connectivity index (χ0) is 9.19. The first-order valence-electron chi connectivity index (χ1n) is 3.17. The Hall–Kier alpha value is 0.610. The molecule has 0 unspecified atom stereocenters. The van der Waals surface area contributed by atoms with E-state index in [0.29, 0.717) is 5.56 Å². The number of hydrogen-bond donors (Lipinski definition) is 1. The van der Waals surface area contributed by atoms with Crippen LogP contribution in [0.15, 0.2) is 28.7 Å². The minimum absolute atomic E-state index is 0. The summed E-state index contributed by atoms with van der Waals surface area (Å²) in [5.41, 5.74) is 0.570. The Morgan fingerprint density at radius 2 is 1.77 bits per heavy atom. The van der Waals surface area contributed by atoms with Gasteiger partial charge in [-0.3, -0.25) is 4.55 Å². The van der Waals surface area contributed by atoms with Crippen LogP contribution in [-0.2, 0) is 15.9 Å². The van der Waals surface area contributed by atoms with Gasteiger partial charge in [0, 0.05) is 4.47 Å². The number of rotatable bonds is 2. The standard InChI is InChI=1S/C7H7BrO3S.Na.H/c8-7-3-1-6(2-4-7)5-12(9,10)11;;/h1-4H,5H2,(H,9,10,11);;/q;+1;-1. The third-order valence-corrected chi connectivity index (χ3v) is 2.49. The van der Waals surface area contributed by atoms with E-state index in [-0.39, 0.29) is 36.7 Å². The van der Waals surface area contributed by atoms with Crippen molar-refractivity contribution >= 4 is 26.0 Å². The molecule has 6 heteroatoms. The summed E-state index contributed by atoms with van der Waals surface area (Å²) in [7, 11) is -3.91. The molecule has 1 N–H and O–H groups in total. The van der Waals surface area contributed by atoms with Gasteiger partial charge in [-0.2, -0.15) is 8.42 Å². The van der Waals surface area contributed by atoms with Crippen molar-refractivity contribution in [2.24, 2.45) is 0 Å². The summed E-state index contributed by atoms with van der Waals surface area (Å²) >= 11 is 3.21. The fourth-order valence-electron chi connectivity index (χ4n) is 0.791. The molecule has 0 fully saturated rings. The topological polar surface area (TPSA) is 54.4 Å². The summed E-state index contributed by atoms with van der Waals surface area (Å²) in [6.07, 6.45) is 0. The summed E-state index contributed by atoms with van der Waals surface area (Å²) in [6, 6.07) is 6.72. The molecule has 1 aromatic rings. The Balaban J connectivity index is 0. The molecule has 0 bridgehead atoms. The number of hydrogen-bond acceptors (Lipinski definition) is 2. The fraction of sp³-hybridized carbons (Fsp3) is 0.143. The van der Waals surface area contributed by atoms with E-state index >= 15 is 0 Å². The second-order valence-electron chi connectivity index (χ2n) is 2.35. The van der Waals surface area contributed by atoms with Crippen molar-refractivity contribution in [1.29, 1.82) is 0 Å². The molecule has 0 aliphatic rings. The van der Waals surface area contributed by atoms with E-state index in [4.69, 9.17) is 4.55 Å². The quantitative estimate of drug-likeness (QED) is 0.554. The second kappa shape index (κ2) is 5.48. The van der Waals surface area contributed by atoms with E-state index in [1.807, 2.05) is 0 Å². The van der Waals surface area contributed by atoms with Crippen molar-refractivity contribution in [2.45, 2.75) is 5.75 Å². The molecule has 1 aromatic carbocycles. The van der Waals surface area contributed by atoms with E-state index in [2.05, 4.69) is 15.9 Å². The molecule has 0 aliphatic heterocycles. The molecule has 0 saturated carbocycles. The fourth-order valence-corrected chi connectivity index (χ4v) is 1.67. The van der Waals surface area contributed by atoms with Crippen LogP contribution in [-0.4, -0.2) is 13.0 Å². The Bertz CT molecular complexity index is 365. The van der Waals surface area contributed by atoms with Crippen molar-refractivity contribution in [2.75, 3.05) is 0 Å². The summed E-state index contributed by atoms with van der Waals surface area (Å²) in [6.45, 7) is 0. The van der Waals surface area contributed by atoms with Crippen LogP contribution in [0.1, 0.15) is 6.99 Å². The normalized spacial score (nSPS) is 10.6. The van der Waals surface area contributed by atoms with Gasteiger partial charge in [-0.1, -0.05) is 28.1 Å². The van der Waals surface area contributed by atoms with Gasteiger partial charge in [-0.25, -0.2) is 0 Å². The van der Waals surface area contributed by atoms with E-state index in [1.54, 1.807) is 24.3 Å². The molecular formula is C7H8BrNaO3S. The van der Waals surface area contributed by atoms with Crippen LogP contribution < -0.4 is 29.6 Å². The predicted octanol–water partition coefficient (Wildman–Crippen LogP) is -1.05. The van der Waals surface area contributed by atoms with Crippen molar-refractivity contribution < 1.29 is 44.0 Å². The SMILES string of the molecule is O=S(=O)(O)Cc1ccc(Br)cc1.[H-].[Na+]. The summed E-state index contributed by atoms with van der Waals surface area (Å²) < 4.78 is 30.2. The third kappa shape index (κ3) is 5.83. The molecule has 0 heterocycles. The average Bonchev–Trinajstić information content (AvgIpc) is 1.91. The second-order valence-corrected chi connectivity index (χ2v) is 4.72. The zero-order valence-electron chi connectivity index (χ0n) is 8.07. The Kier molecular flexibility index (Phi) is 5.74. The van der Waals surface area contributed by atoms with Crippen LogP contribution in [0, 0.1) is 0 Å². The Labute approximate surface area is 109 Å². The molecule has 13 heavy (non-hydrogen) atoms. The van der Waals surface area contributed by atoms with Crippen LogP contribution in [0.25, 0.3) is 0 Å². The summed E-state index contributed by atoms with van der Waals surface area (Å²) in [5.74, 6) is -0.333. The molecule has 0 saturated heterocycles. The molecule has 3 nitrogen and oxygen atoms in total. The Morgan fingerprint density at radius 3 is 2.15 bits per heavy atom. The monoisotopic (exact) mass is 274 g/mol. The number of benzene rings is 1. The molecule has 68 valence electrons. The van der Waals surface area contributed by atoms with E-state index in [1.165, 1.54) is 0 Å². The first-order chi connectivity index (χ1) is 5.47. The van der Waals surface area contributed by atoms with Gasteiger partial charge in [-0.15, -0.1) is 0 Å². The van der Waals surface area contributed by atoms with Gasteiger partial charge >= 0.3 is 29.6 Å². The van der Waals surface area contributed by atoms with E-state index in [9.17, 15) is 8.42 Å². The average molecular weight is 275 g/mol. The first kappa shape index (κ1) is 13.6. The van der Waals surface area contributed by atoms with Crippen LogP contribution in [0.4, 0.5) is 0 Å². The van der Waals surface area contributed by atoms with Crippen LogP contribution in [0.5, 0.6) is 0 Å². The van der Waals surface area contributed by atoms with Crippen molar-refractivity contribution in [3.63, 3.8) is 0 Å². The van der Waals surface area contributed by atoms with Gasteiger partial charge in [0.25, 0.3) is 10.1 Å². The maximum atomic E-state index is 10.4. The van der Waals surface area contributed by atoms with Crippen molar-refractivity contribution in [3.8, 4) is 0 Å². The molecule has 0 amide bonds. The van der Waals surface area contributed by atoms with Gasteiger partial charge in [0.1, 0.15) is 5.75 Å². The van der Waals surface area contributed by atoms with E-state index < -0.39 is 10.1 Å². The molecule has 0 atom stereocenters. The number of halogens is 1. The smallest absolute Gasteiger partial charge is 1.00 e. The largest absolute Gasteiger partial charge is 1.00 e. The molecular weight excluding hydrogens is 267 g/mol. The van der Waals surface area contributed by atoms with E-state index in [0.717, 1.165) is 4.47 Å². The Morgan fingerprint density at radius 1 is 1.31 bits per heavy atom. The van der Waals surface area contributed by atoms with Crippen LogP contribution in [0.2, 0.25) is 0 Å². The maximum Gasteiger partial charge on any atom is 1.00 e. The maximum absolute atomic E-state index is 10.4. The van der Waals surface area contributed by atoms with Gasteiger partial charge in [0.2, 0.25) is 0 Å². The minimum Gasteiger partial charge on any atom is -1.00 e. The van der Waals surface area contributed by atoms with Gasteiger partial charge in [0.05, 0.1) is 0 Å². The van der Waals surface area contributed by atoms with Gasteiger partial charge in [-0.05, 0) is 17.7 Å². The molecule has 0 radical (unpaired) electrons. The summed E-state index contributed by atoms with van der Waals surface area (Å²) in [4.78, 5) is 0. The molecule has 0 aromatic heterocycles. The van der Waals surface area contributed by atoms with Crippen molar-refractivity contribution in [3.05, 3.63) is 34.3 Å². The molecule has 1 rings (SSSR count). The molecule has 0 aliphatic carbocycles. The minimum atomic E-state index is -3.91. The van der Waals surface area contributed by atoms with Crippen LogP contribution >= 0.6 is 15.9 Å². The summed E-state index contributed by atoms with van der Waals surface area (Å²) in [5, 5.41) is 0. The van der Waals surface area contributed by atoms with Crippen molar-refractivity contribution in [1.82, 2.24) is 0 Å². The zero-order valence-corrected chi connectivity index (χ0v) is 11.5. The van der Waals surface area contributed by atoms with Crippen LogP contribution in [0.3, 0.4) is 0 Å². The first-order valence-corrected chi connectivity index (χ1v) is 5.57. The third-order valence-electron chi connectivity index (χ3n) is 1.26. The molecule has 0 spiro atoms. The van der Waals surface area contributed by atoms with Gasteiger partial charge < -0.3 is 1.43 Å².